The minimum atomic E-state index is -0.329. The fourth-order valence-corrected chi connectivity index (χ4v) is 3.34. The number of fused-ring (bicyclic) bond motifs is 1. The summed E-state index contributed by atoms with van der Waals surface area (Å²) < 4.78 is 7.36. The minimum Gasteiger partial charge on any atom is -0.468 e. The van der Waals surface area contributed by atoms with Crippen molar-refractivity contribution in [2.75, 3.05) is 7.11 Å². The average molecular weight is 428 g/mol. The van der Waals surface area contributed by atoms with Crippen molar-refractivity contribution in [1.29, 1.82) is 0 Å². The zero-order valence-corrected chi connectivity index (χ0v) is 16.5. The Kier molecular flexibility index (Phi) is 5.71. The summed E-state index contributed by atoms with van der Waals surface area (Å²) in [6.45, 7) is 2.01. The zero-order valence-electron chi connectivity index (χ0n) is 14.9. The van der Waals surface area contributed by atoms with Crippen LogP contribution in [0.15, 0.2) is 58.1 Å². The Bertz CT molecular complexity index is 1040. The molecule has 1 amide bonds. The quantitative estimate of drug-likeness (QED) is 0.383. The molecule has 1 aromatic heterocycles. The lowest BCUT2D eigenvalue weighted by molar-refractivity contribution is -0.141. The minimum absolute atomic E-state index is 0.111. The molecular weight excluding hydrogens is 410 g/mol. The summed E-state index contributed by atoms with van der Waals surface area (Å²) in [5, 5.41) is 5.05. The van der Waals surface area contributed by atoms with Crippen molar-refractivity contribution in [1.82, 2.24) is 9.99 Å². The Morgan fingerprint density at radius 2 is 1.89 bits per heavy atom. The van der Waals surface area contributed by atoms with Crippen LogP contribution in [-0.2, 0) is 16.1 Å². The van der Waals surface area contributed by atoms with Crippen LogP contribution in [0.5, 0.6) is 0 Å². The van der Waals surface area contributed by atoms with Crippen molar-refractivity contribution in [2.24, 2.45) is 5.10 Å². The predicted molar refractivity (Wildman–Crippen MR) is 108 cm³/mol. The van der Waals surface area contributed by atoms with Gasteiger partial charge in [-0.3, -0.25) is 9.59 Å². The van der Waals surface area contributed by atoms with Gasteiger partial charge in [-0.05, 0) is 41.1 Å². The van der Waals surface area contributed by atoms with Gasteiger partial charge < -0.3 is 9.30 Å². The summed E-state index contributed by atoms with van der Waals surface area (Å²) in [7, 11) is 1.36. The molecule has 1 heterocycles. The number of benzene rings is 2. The number of hydrazone groups is 1. The number of nitrogens with one attached hydrogen (secondary N) is 1. The number of para-hydroxylation sites is 1. The van der Waals surface area contributed by atoms with Gasteiger partial charge in [-0.2, -0.15) is 5.10 Å². The number of amides is 1. The van der Waals surface area contributed by atoms with Gasteiger partial charge in [0.2, 0.25) is 0 Å². The van der Waals surface area contributed by atoms with Gasteiger partial charge in [0.25, 0.3) is 5.91 Å². The lowest BCUT2D eigenvalue weighted by Crippen LogP contribution is -2.18. The number of hydrogen-bond acceptors (Lipinski definition) is 4. The third kappa shape index (κ3) is 3.93. The Labute approximate surface area is 164 Å². The van der Waals surface area contributed by atoms with E-state index in [9.17, 15) is 9.59 Å². The molecule has 0 saturated carbocycles. The number of nitrogens with zero attached hydrogens (tertiary/aromatic N) is 2. The van der Waals surface area contributed by atoms with Crippen molar-refractivity contribution in [3.05, 3.63) is 69.8 Å². The van der Waals surface area contributed by atoms with E-state index < -0.39 is 0 Å². The molecule has 0 saturated heterocycles. The van der Waals surface area contributed by atoms with E-state index in [1.54, 1.807) is 24.4 Å². The van der Waals surface area contributed by atoms with E-state index >= 15 is 0 Å². The molecule has 6 nitrogen and oxygen atoms in total. The maximum Gasteiger partial charge on any atom is 0.325 e. The van der Waals surface area contributed by atoms with Gasteiger partial charge in [-0.1, -0.05) is 30.3 Å². The van der Waals surface area contributed by atoms with Crippen molar-refractivity contribution < 1.29 is 14.3 Å². The van der Waals surface area contributed by atoms with E-state index in [4.69, 9.17) is 4.74 Å². The van der Waals surface area contributed by atoms with Crippen LogP contribution in [0.4, 0.5) is 0 Å². The first kappa shape index (κ1) is 18.8. The molecule has 27 heavy (non-hydrogen) atoms. The highest BCUT2D eigenvalue weighted by molar-refractivity contribution is 9.10. The van der Waals surface area contributed by atoms with Crippen molar-refractivity contribution >= 4 is 44.9 Å². The maximum atomic E-state index is 12.3. The van der Waals surface area contributed by atoms with Crippen LogP contribution in [0.25, 0.3) is 10.9 Å². The molecule has 138 valence electrons. The van der Waals surface area contributed by atoms with E-state index in [1.807, 2.05) is 41.8 Å². The monoisotopic (exact) mass is 427 g/mol. The largest absolute Gasteiger partial charge is 0.468 e. The molecule has 0 aliphatic heterocycles. The van der Waals surface area contributed by atoms with Gasteiger partial charge in [-0.25, -0.2) is 5.43 Å². The van der Waals surface area contributed by atoms with E-state index in [2.05, 4.69) is 26.5 Å². The highest BCUT2D eigenvalue weighted by Gasteiger charge is 2.15. The molecule has 3 aromatic rings. The number of hydrogen-bond donors (Lipinski definition) is 1. The average Bonchev–Trinajstić information content (AvgIpc) is 2.94. The maximum absolute atomic E-state index is 12.3. The van der Waals surface area contributed by atoms with Crippen LogP contribution in [0.3, 0.4) is 0 Å². The number of rotatable bonds is 5. The number of halogens is 1. The van der Waals surface area contributed by atoms with Gasteiger partial charge >= 0.3 is 5.97 Å². The Morgan fingerprint density at radius 3 is 2.63 bits per heavy atom. The molecule has 0 unspecified atom stereocenters. The second-order valence-corrected chi connectivity index (χ2v) is 6.71. The number of carbonyl (C=O) groups excluding carboxylic acids is 2. The number of carbonyl (C=O) groups is 2. The summed E-state index contributed by atoms with van der Waals surface area (Å²) in [5.74, 6) is -0.640. The van der Waals surface area contributed by atoms with E-state index in [1.165, 1.54) is 7.11 Å². The molecule has 0 fully saturated rings. The molecule has 0 bridgehead atoms. The third-order valence-corrected chi connectivity index (χ3v) is 4.96. The Balaban J connectivity index is 1.89. The summed E-state index contributed by atoms with van der Waals surface area (Å²) in [5.41, 5.74) is 5.64. The fourth-order valence-electron chi connectivity index (χ4n) is 2.88. The Hall–Kier alpha value is -2.93. The normalized spacial score (nSPS) is 11.1. The number of aromatic nitrogens is 1. The molecule has 0 radical (unpaired) electrons. The standard InChI is InChI=1S/C20H18BrN3O3/c1-13-16(11-22-23-20(26)15-8-3-5-9-17(15)21)14-7-4-6-10-18(14)24(13)12-19(25)27-2/h3-11H,12H2,1-2H3,(H,23,26)/b22-11+. The molecule has 7 heteroatoms. The highest BCUT2D eigenvalue weighted by atomic mass is 79.9. The summed E-state index contributed by atoms with van der Waals surface area (Å²) >= 11 is 3.35. The van der Waals surface area contributed by atoms with Gasteiger partial charge in [0, 0.05) is 26.6 Å². The SMILES string of the molecule is COC(=O)Cn1c(C)c(/C=N/NC(=O)c2ccccc2Br)c2ccccc21. The third-order valence-electron chi connectivity index (χ3n) is 4.27. The first-order valence-electron chi connectivity index (χ1n) is 8.25. The molecular formula is C20H18BrN3O3. The number of methoxy groups -OCH3 is 1. The first-order valence-corrected chi connectivity index (χ1v) is 9.04. The molecule has 0 aliphatic rings. The molecule has 2 aromatic carbocycles. The lowest BCUT2D eigenvalue weighted by atomic mass is 10.1. The van der Waals surface area contributed by atoms with Crippen molar-refractivity contribution in [2.45, 2.75) is 13.5 Å². The van der Waals surface area contributed by atoms with E-state index in [0.29, 0.717) is 10.0 Å². The van der Waals surface area contributed by atoms with Gasteiger partial charge in [0.15, 0.2) is 0 Å². The second-order valence-electron chi connectivity index (χ2n) is 5.86. The first-order chi connectivity index (χ1) is 13.0. The van der Waals surface area contributed by atoms with Crippen LogP contribution >= 0.6 is 15.9 Å². The smallest absolute Gasteiger partial charge is 0.325 e. The topological polar surface area (TPSA) is 72.7 Å². The lowest BCUT2D eigenvalue weighted by Gasteiger charge is -2.06. The summed E-state index contributed by atoms with van der Waals surface area (Å²) in [4.78, 5) is 24.0. The Morgan fingerprint density at radius 1 is 1.19 bits per heavy atom. The van der Waals surface area contributed by atoms with Crippen LogP contribution in [0.1, 0.15) is 21.6 Å². The van der Waals surface area contributed by atoms with E-state index in [-0.39, 0.29) is 18.4 Å². The highest BCUT2D eigenvalue weighted by Crippen LogP contribution is 2.24. The van der Waals surface area contributed by atoms with Gasteiger partial charge in [0.05, 0.1) is 18.9 Å². The van der Waals surface area contributed by atoms with Gasteiger partial charge in [0.1, 0.15) is 6.54 Å². The zero-order chi connectivity index (χ0) is 19.4. The molecule has 0 atom stereocenters. The molecule has 0 spiro atoms. The molecule has 3 rings (SSSR count). The van der Waals surface area contributed by atoms with Gasteiger partial charge in [-0.15, -0.1) is 0 Å². The van der Waals surface area contributed by atoms with Crippen LogP contribution in [0, 0.1) is 6.92 Å². The van der Waals surface area contributed by atoms with E-state index in [0.717, 1.165) is 22.2 Å². The molecule has 1 N–H and O–H groups in total. The predicted octanol–water partition coefficient (Wildman–Crippen LogP) is 3.65. The van der Waals surface area contributed by atoms with Crippen LogP contribution in [0.2, 0.25) is 0 Å². The number of ether oxygens (including phenoxy) is 1. The van der Waals surface area contributed by atoms with Crippen LogP contribution in [-0.4, -0.2) is 29.8 Å². The van der Waals surface area contributed by atoms with Crippen molar-refractivity contribution in [3.8, 4) is 0 Å². The molecule has 0 aliphatic carbocycles. The van der Waals surface area contributed by atoms with Crippen LogP contribution < -0.4 is 5.43 Å². The van der Waals surface area contributed by atoms with Crippen molar-refractivity contribution in [3.63, 3.8) is 0 Å². The summed E-state index contributed by atoms with van der Waals surface area (Å²) in [6, 6.07) is 14.8. The number of esters is 1. The second kappa shape index (κ2) is 8.18. The fraction of sp³-hybridized carbons (Fsp3) is 0.150. The summed E-state index contributed by atoms with van der Waals surface area (Å²) in [6.07, 6.45) is 1.60.